The number of nitrogens with zero attached hydrogens (tertiary/aromatic N) is 2. The van der Waals surface area contributed by atoms with E-state index in [0.29, 0.717) is 23.8 Å². The van der Waals surface area contributed by atoms with Crippen LogP contribution >= 0.6 is 12.2 Å². The Labute approximate surface area is 181 Å². The van der Waals surface area contributed by atoms with Gasteiger partial charge in [0.25, 0.3) is 5.91 Å². The molecule has 0 aliphatic rings. The molecular weight excluding hydrogens is 400 g/mol. The molecule has 3 rings (SSSR count). The van der Waals surface area contributed by atoms with Crippen molar-refractivity contribution in [3.63, 3.8) is 0 Å². The fraction of sp³-hybridized carbons (Fsp3) is 0.318. The summed E-state index contributed by atoms with van der Waals surface area (Å²) in [5.74, 6) is 0.337. The van der Waals surface area contributed by atoms with Crippen LogP contribution in [0.25, 0.3) is 11.0 Å². The molecule has 2 N–H and O–H groups in total. The lowest BCUT2D eigenvalue weighted by atomic mass is 10.2. The van der Waals surface area contributed by atoms with Gasteiger partial charge in [-0.2, -0.15) is 0 Å². The summed E-state index contributed by atoms with van der Waals surface area (Å²) in [5, 5.41) is 6.57. The van der Waals surface area contributed by atoms with Crippen LogP contribution in [0.3, 0.4) is 0 Å². The molecule has 2 aromatic heterocycles. The van der Waals surface area contributed by atoms with E-state index in [-0.39, 0.29) is 10.9 Å². The topological polar surface area (TPSA) is 79.6 Å². The molecule has 0 saturated carbocycles. The van der Waals surface area contributed by atoms with E-state index in [1.807, 2.05) is 37.2 Å². The SMILES string of the molecule is CCCCCOc1ccc(NC(=S)NC(=O)c2cc3cc(N(C)C)ccc3o2)cn1. The largest absolute Gasteiger partial charge is 0.478 e. The Hall–Kier alpha value is -3.13. The maximum atomic E-state index is 12.5. The van der Waals surface area contributed by atoms with Crippen molar-refractivity contribution in [2.24, 2.45) is 0 Å². The minimum Gasteiger partial charge on any atom is -0.478 e. The van der Waals surface area contributed by atoms with Gasteiger partial charge in [0.1, 0.15) is 5.58 Å². The first-order valence-corrected chi connectivity index (χ1v) is 10.3. The third-order valence-corrected chi connectivity index (χ3v) is 4.66. The van der Waals surface area contributed by atoms with Crippen LogP contribution in [-0.4, -0.2) is 36.7 Å². The van der Waals surface area contributed by atoms with Crippen LogP contribution in [0.4, 0.5) is 11.4 Å². The molecule has 0 fully saturated rings. The average molecular weight is 427 g/mol. The van der Waals surface area contributed by atoms with Crippen LogP contribution < -0.4 is 20.3 Å². The number of benzene rings is 1. The number of thiocarbonyl (C=S) groups is 1. The number of furan rings is 1. The zero-order chi connectivity index (χ0) is 21.5. The second-order valence-electron chi connectivity index (χ2n) is 7.08. The highest BCUT2D eigenvalue weighted by molar-refractivity contribution is 7.80. The predicted molar refractivity (Wildman–Crippen MR) is 123 cm³/mol. The van der Waals surface area contributed by atoms with Gasteiger partial charge in [0, 0.05) is 31.2 Å². The fourth-order valence-electron chi connectivity index (χ4n) is 2.82. The van der Waals surface area contributed by atoms with E-state index in [0.717, 1.165) is 30.3 Å². The number of aromatic nitrogens is 1. The van der Waals surface area contributed by atoms with E-state index in [9.17, 15) is 4.79 Å². The zero-order valence-electron chi connectivity index (χ0n) is 17.4. The van der Waals surface area contributed by atoms with Crippen LogP contribution in [0, 0.1) is 0 Å². The normalized spacial score (nSPS) is 10.6. The molecule has 0 aliphatic carbocycles. The first-order valence-electron chi connectivity index (χ1n) is 9.88. The van der Waals surface area contributed by atoms with Gasteiger partial charge in [-0.15, -0.1) is 0 Å². The van der Waals surface area contributed by atoms with Crippen LogP contribution in [0.1, 0.15) is 36.7 Å². The molecule has 0 spiro atoms. The molecule has 30 heavy (non-hydrogen) atoms. The molecule has 0 radical (unpaired) electrons. The molecular formula is C22H26N4O3S. The molecule has 0 unspecified atom stereocenters. The second-order valence-corrected chi connectivity index (χ2v) is 7.48. The molecule has 2 heterocycles. The third-order valence-electron chi connectivity index (χ3n) is 4.46. The number of pyridine rings is 1. The van der Waals surface area contributed by atoms with E-state index in [4.69, 9.17) is 21.4 Å². The highest BCUT2D eigenvalue weighted by Crippen LogP contribution is 2.24. The Morgan fingerprint density at radius 2 is 2.03 bits per heavy atom. The Bertz CT molecular complexity index is 1010. The van der Waals surface area contributed by atoms with Crippen LogP contribution in [0.15, 0.2) is 47.0 Å². The third kappa shape index (κ3) is 5.70. The van der Waals surface area contributed by atoms with Crippen molar-refractivity contribution in [1.29, 1.82) is 0 Å². The molecule has 1 amide bonds. The number of amides is 1. The Morgan fingerprint density at radius 3 is 2.73 bits per heavy atom. The van der Waals surface area contributed by atoms with Crippen molar-refractivity contribution < 1.29 is 13.9 Å². The summed E-state index contributed by atoms with van der Waals surface area (Å²) < 4.78 is 11.2. The highest BCUT2D eigenvalue weighted by Gasteiger charge is 2.14. The molecule has 158 valence electrons. The summed E-state index contributed by atoms with van der Waals surface area (Å²) in [6.45, 7) is 2.80. The Morgan fingerprint density at radius 1 is 1.20 bits per heavy atom. The second kappa shape index (κ2) is 10.1. The first-order chi connectivity index (χ1) is 14.5. The van der Waals surface area contributed by atoms with Crippen molar-refractivity contribution in [2.45, 2.75) is 26.2 Å². The van der Waals surface area contributed by atoms with Gasteiger partial charge in [-0.3, -0.25) is 10.1 Å². The number of carbonyl (C=O) groups is 1. The quantitative estimate of drug-likeness (QED) is 0.403. The van der Waals surface area contributed by atoms with Gasteiger partial charge in [0.15, 0.2) is 10.9 Å². The fourth-order valence-corrected chi connectivity index (χ4v) is 3.03. The molecule has 3 aromatic rings. The molecule has 0 aliphatic heterocycles. The van der Waals surface area contributed by atoms with E-state index >= 15 is 0 Å². The number of hydrogen-bond donors (Lipinski definition) is 2. The molecule has 0 saturated heterocycles. The van der Waals surface area contributed by atoms with Gasteiger partial charge in [0.2, 0.25) is 5.88 Å². The number of nitrogens with one attached hydrogen (secondary N) is 2. The molecule has 8 heteroatoms. The molecule has 1 aromatic carbocycles. The molecule has 7 nitrogen and oxygen atoms in total. The van der Waals surface area contributed by atoms with Gasteiger partial charge in [-0.05, 0) is 49.0 Å². The minimum absolute atomic E-state index is 0.160. The van der Waals surface area contributed by atoms with Gasteiger partial charge in [0.05, 0.1) is 18.5 Å². The van der Waals surface area contributed by atoms with E-state index in [1.165, 1.54) is 0 Å². The van der Waals surface area contributed by atoms with Crippen molar-refractivity contribution >= 4 is 45.6 Å². The summed E-state index contributed by atoms with van der Waals surface area (Å²) >= 11 is 5.23. The highest BCUT2D eigenvalue weighted by atomic mass is 32.1. The van der Waals surface area contributed by atoms with Crippen molar-refractivity contribution in [2.75, 3.05) is 30.9 Å². The number of rotatable bonds is 8. The standard InChI is InChI=1S/C22H26N4O3S/c1-4-5-6-11-28-20-10-7-16(14-23-20)24-22(30)25-21(27)19-13-15-12-17(26(2)3)8-9-18(15)29-19/h7-10,12-14H,4-6,11H2,1-3H3,(H2,24,25,27,30). The van der Waals surface area contributed by atoms with Crippen molar-refractivity contribution in [1.82, 2.24) is 10.3 Å². The summed E-state index contributed by atoms with van der Waals surface area (Å²) in [4.78, 5) is 18.7. The Kier molecular flexibility index (Phi) is 7.24. The number of ether oxygens (including phenoxy) is 1. The van der Waals surface area contributed by atoms with Gasteiger partial charge in [-0.25, -0.2) is 4.98 Å². The van der Waals surface area contributed by atoms with Crippen molar-refractivity contribution in [3.05, 3.63) is 48.4 Å². The van der Waals surface area contributed by atoms with Crippen LogP contribution in [0.2, 0.25) is 0 Å². The van der Waals surface area contributed by atoms with E-state index < -0.39 is 5.91 Å². The number of carbonyl (C=O) groups excluding carboxylic acids is 1. The number of fused-ring (bicyclic) bond motifs is 1. The summed E-state index contributed by atoms with van der Waals surface area (Å²) in [5.41, 5.74) is 2.32. The van der Waals surface area contributed by atoms with Crippen LogP contribution in [-0.2, 0) is 0 Å². The van der Waals surface area contributed by atoms with Gasteiger partial charge in [-0.1, -0.05) is 19.8 Å². The summed E-state index contributed by atoms with van der Waals surface area (Å²) in [6, 6.07) is 11.0. The Balaban J connectivity index is 1.55. The van der Waals surface area contributed by atoms with Gasteiger partial charge >= 0.3 is 0 Å². The summed E-state index contributed by atoms with van der Waals surface area (Å²) in [7, 11) is 3.91. The van der Waals surface area contributed by atoms with E-state index in [2.05, 4.69) is 22.5 Å². The maximum Gasteiger partial charge on any atom is 0.293 e. The van der Waals surface area contributed by atoms with Crippen LogP contribution in [0.5, 0.6) is 5.88 Å². The lowest BCUT2D eigenvalue weighted by molar-refractivity contribution is 0.0953. The smallest absolute Gasteiger partial charge is 0.293 e. The van der Waals surface area contributed by atoms with Crippen molar-refractivity contribution in [3.8, 4) is 5.88 Å². The van der Waals surface area contributed by atoms with E-state index in [1.54, 1.807) is 24.4 Å². The predicted octanol–water partition coefficient (Wildman–Crippen LogP) is 4.59. The zero-order valence-corrected chi connectivity index (χ0v) is 18.2. The number of anilines is 2. The monoisotopic (exact) mass is 426 g/mol. The lowest BCUT2D eigenvalue weighted by Gasteiger charge is -2.11. The summed E-state index contributed by atoms with van der Waals surface area (Å²) in [6.07, 6.45) is 4.90. The minimum atomic E-state index is -0.418. The van der Waals surface area contributed by atoms with Gasteiger partial charge < -0.3 is 19.4 Å². The average Bonchev–Trinajstić information content (AvgIpc) is 3.16. The first kappa shape index (κ1) is 21.6. The lowest BCUT2D eigenvalue weighted by Crippen LogP contribution is -2.33. The molecule has 0 bridgehead atoms. The number of unbranched alkanes of at least 4 members (excludes halogenated alkanes) is 2. The maximum absolute atomic E-state index is 12.5. The molecule has 0 atom stereocenters. The number of hydrogen-bond acceptors (Lipinski definition) is 6.